The standard InChI is InChI=1S/C23H31N3O3/c27-22-18-7-1-2-8-19(18)23(28)26(22)12-6-5-11-24-13-14-25-17(15-24)16-29-21-10-4-3-9-20(21)25/h3-4,9-10,17-19H,1-2,5-8,11-16H2. The van der Waals surface area contributed by atoms with Gasteiger partial charge in [0.25, 0.3) is 0 Å². The quantitative estimate of drug-likeness (QED) is 0.565. The Kier molecular flexibility index (Phi) is 5.20. The normalized spacial score (nSPS) is 29.3. The molecule has 1 aromatic carbocycles. The number of carbonyl (C=O) groups is 2. The van der Waals surface area contributed by atoms with Crippen LogP contribution in [0.3, 0.4) is 0 Å². The van der Waals surface area contributed by atoms with Crippen molar-refractivity contribution in [3.63, 3.8) is 0 Å². The van der Waals surface area contributed by atoms with Gasteiger partial charge in [-0.3, -0.25) is 19.4 Å². The maximum absolute atomic E-state index is 12.6. The minimum Gasteiger partial charge on any atom is -0.489 e. The molecule has 3 fully saturated rings. The van der Waals surface area contributed by atoms with Gasteiger partial charge in [-0.1, -0.05) is 25.0 Å². The summed E-state index contributed by atoms with van der Waals surface area (Å²) in [4.78, 5) is 31.7. The van der Waals surface area contributed by atoms with Gasteiger partial charge in [0.2, 0.25) is 11.8 Å². The number of likely N-dealkylation sites (tertiary alicyclic amines) is 1. The number of amides is 2. The lowest BCUT2D eigenvalue weighted by Gasteiger charge is -2.45. The van der Waals surface area contributed by atoms with Crippen molar-refractivity contribution in [1.29, 1.82) is 0 Å². The molecule has 2 amide bonds. The Morgan fingerprint density at radius 2 is 1.66 bits per heavy atom. The van der Waals surface area contributed by atoms with Gasteiger partial charge in [0, 0.05) is 26.2 Å². The summed E-state index contributed by atoms with van der Waals surface area (Å²) in [5.74, 6) is 1.17. The van der Waals surface area contributed by atoms with Crippen LogP contribution in [0, 0.1) is 11.8 Å². The first kappa shape index (κ1) is 18.9. The number of unbranched alkanes of at least 4 members (excludes halogenated alkanes) is 1. The van der Waals surface area contributed by atoms with Crippen LogP contribution in [-0.2, 0) is 9.59 Å². The van der Waals surface area contributed by atoms with Crippen LogP contribution in [0.1, 0.15) is 38.5 Å². The predicted octanol–water partition coefficient (Wildman–Crippen LogP) is 2.53. The van der Waals surface area contributed by atoms with Gasteiger partial charge in [-0.25, -0.2) is 0 Å². The average Bonchev–Trinajstić information content (AvgIpc) is 3.01. The maximum Gasteiger partial charge on any atom is 0.233 e. The van der Waals surface area contributed by atoms with E-state index < -0.39 is 0 Å². The number of hydrogen-bond acceptors (Lipinski definition) is 5. The highest BCUT2D eigenvalue weighted by molar-refractivity contribution is 6.05. The van der Waals surface area contributed by atoms with Crippen LogP contribution >= 0.6 is 0 Å². The second-order valence-corrected chi connectivity index (χ2v) is 8.96. The van der Waals surface area contributed by atoms with Gasteiger partial charge < -0.3 is 9.64 Å². The Hall–Kier alpha value is -2.08. The number of rotatable bonds is 5. The van der Waals surface area contributed by atoms with Crippen LogP contribution in [-0.4, -0.2) is 67.0 Å². The van der Waals surface area contributed by atoms with E-state index >= 15 is 0 Å². The molecule has 0 radical (unpaired) electrons. The molecule has 6 heteroatoms. The van der Waals surface area contributed by atoms with Crippen molar-refractivity contribution in [2.45, 2.75) is 44.6 Å². The summed E-state index contributed by atoms with van der Waals surface area (Å²) in [7, 11) is 0. The van der Waals surface area contributed by atoms with E-state index in [4.69, 9.17) is 4.74 Å². The molecule has 156 valence electrons. The molecule has 0 spiro atoms. The molecular weight excluding hydrogens is 366 g/mol. The zero-order chi connectivity index (χ0) is 19.8. The third kappa shape index (κ3) is 3.52. The van der Waals surface area contributed by atoms with Gasteiger partial charge in [-0.15, -0.1) is 0 Å². The van der Waals surface area contributed by atoms with Crippen molar-refractivity contribution in [3.8, 4) is 5.75 Å². The fourth-order valence-corrected chi connectivity index (χ4v) is 5.64. The summed E-state index contributed by atoms with van der Waals surface area (Å²) in [5.41, 5.74) is 1.22. The molecule has 3 atom stereocenters. The van der Waals surface area contributed by atoms with Crippen molar-refractivity contribution in [3.05, 3.63) is 24.3 Å². The zero-order valence-corrected chi connectivity index (χ0v) is 17.1. The Morgan fingerprint density at radius 3 is 2.45 bits per heavy atom. The predicted molar refractivity (Wildman–Crippen MR) is 111 cm³/mol. The lowest BCUT2D eigenvalue weighted by atomic mass is 9.81. The molecule has 2 saturated heterocycles. The number of benzene rings is 1. The highest BCUT2D eigenvalue weighted by atomic mass is 16.5. The molecule has 3 heterocycles. The minimum absolute atomic E-state index is 0.0153. The molecule has 3 aliphatic heterocycles. The van der Waals surface area contributed by atoms with Crippen LogP contribution in [0.2, 0.25) is 0 Å². The van der Waals surface area contributed by atoms with Crippen molar-refractivity contribution in [1.82, 2.24) is 9.80 Å². The van der Waals surface area contributed by atoms with Gasteiger partial charge in [0.15, 0.2) is 0 Å². The number of nitrogens with zero attached hydrogens (tertiary/aromatic N) is 3. The molecule has 29 heavy (non-hydrogen) atoms. The second-order valence-electron chi connectivity index (χ2n) is 8.96. The topological polar surface area (TPSA) is 53.1 Å². The van der Waals surface area contributed by atoms with Gasteiger partial charge in [0.1, 0.15) is 12.4 Å². The van der Waals surface area contributed by atoms with Crippen molar-refractivity contribution < 1.29 is 14.3 Å². The summed E-state index contributed by atoms with van der Waals surface area (Å²) >= 11 is 0. The fraction of sp³-hybridized carbons (Fsp3) is 0.652. The second kappa shape index (κ2) is 7.98. The molecule has 0 aromatic heterocycles. The van der Waals surface area contributed by atoms with Crippen molar-refractivity contribution in [2.75, 3.05) is 44.2 Å². The number of imide groups is 1. The molecule has 6 nitrogen and oxygen atoms in total. The average molecular weight is 398 g/mol. The lowest BCUT2D eigenvalue weighted by Crippen LogP contribution is -2.57. The van der Waals surface area contributed by atoms with Crippen LogP contribution in [0.4, 0.5) is 5.69 Å². The summed E-state index contributed by atoms with van der Waals surface area (Å²) in [6, 6.07) is 8.71. The van der Waals surface area contributed by atoms with E-state index in [9.17, 15) is 9.59 Å². The lowest BCUT2D eigenvalue weighted by molar-refractivity contribution is -0.140. The fourth-order valence-electron chi connectivity index (χ4n) is 5.64. The third-order valence-corrected chi connectivity index (χ3v) is 7.21. The van der Waals surface area contributed by atoms with Crippen molar-refractivity contribution >= 4 is 17.5 Å². The Balaban J connectivity index is 1.09. The first-order valence-electron chi connectivity index (χ1n) is 11.3. The highest BCUT2D eigenvalue weighted by Crippen LogP contribution is 2.38. The maximum atomic E-state index is 12.6. The van der Waals surface area contributed by atoms with E-state index in [-0.39, 0.29) is 23.7 Å². The van der Waals surface area contributed by atoms with E-state index in [2.05, 4.69) is 28.0 Å². The van der Waals surface area contributed by atoms with Crippen LogP contribution in [0.15, 0.2) is 24.3 Å². The Labute approximate surface area is 172 Å². The SMILES string of the molecule is O=C1C2CCCCC2C(=O)N1CCCCN1CCN2c3ccccc3OCC2C1. The van der Waals surface area contributed by atoms with E-state index in [0.29, 0.717) is 12.6 Å². The number of ether oxygens (including phenoxy) is 1. The van der Waals surface area contributed by atoms with E-state index in [0.717, 1.165) is 77.1 Å². The van der Waals surface area contributed by atoms with Crippen LogP contribution < -0.4 is 9.64 Å². The first-order chi connectivity index (χ1) is 14.2. The van der Waals surface area contributed by atoms with Crippen LogP contribution in [0.5, 0.6) is 5.75 Å². The molecular formula is C23H31N3O3. The highest BCUT2D eigenvalue weighted by Gasteiger charge is 2.47. The summed E-state index contributed by atoms with van der Waals surface area (Å²) < 4.78 is 5.95. The summed E-state index contributed by atoms with van der Waals surface area (Å²) in [5, 5.41) is 0. The molecule has 0 N–H and O–H groups in total. The smallest absolute Gasteiger partial charge is 0.233 e. The van der Waals surface area contributed by atoms with Crippen molar-refractivity contribution in [2.24, 2.45) is 11.8 Å². The van der Waals surface area contributed by atoms with E-state index in [1.807, 2.05) is 6.07 Å². The monoisotopic (exact) mass is 397 g/mol. The molecule has 1 saturated carbocycles. The molecule has 1 aromatic rings. The molecule has 4 aliphatic rings. The van der Waals surface area contributed by atoms with Gasteiger partial charge in [-0.05, 0) is 44.4 Å². The summed E-state index contributed by atoms with van der Waals surface area (Å²) in [6.07, 6.45) is 5.92. The number of anilines is 1. The van der Waals surface area contributed by atoms with E-state index in [1.165, 1.54) is 5.69 Å². The first-order valence-corrected chi connectivity index (χ1v) is 11.3. The van der Waals surface area contributed by atoms with E-state index in [1.54, 1.807) is 4.90 Å². The molecule has 0 bridgehead atoms. The van der Waals surface area contributed by atoms with Gasteiger partial charge >= 0.3 is 0 Å². The number of piperazine rings is 1. The minimum atomic E-state index is -0.0153. The van der Waals surface area contributed by atoms with Gasteiger partial charge in [-0.2, -0.15) is 0 Å². The Morgan fingerprint density at radius 1 is 0.931 bits per heavy atom. The number of para-hydroxylation sites is 2. The Bertz CT molecular complexity index is 758. The third-order valence-electron chi connectivity index (χ3n) is 7.21. The zero-order valence-electron chi connectivity index (χ0n) is 17.1. The number of hydrogen-bond donors (Lipinski definition) is 0. The summed E-state index contributed by atoms with van der Waals surface area (Å²) in [6.45, 7) is 5.46. The number of fused-ring (bicyclic) bond motifs is 4. The number of carbonyl (C=O) groups excluding carboxylic acids is 2. The molecule has 5 rings (SSSR count). The van der Waals surface area contributed by atoms with Crippen LogP contribution in [0.25, 0.3) is 0 Å². The molecule has 1 aliphatic carbocycles. The largest absolute Gasteiger partial charge is 0.489 e. The van der Waals surface area contributed by atoms with Gasteiger partial charge in [0.05, 0.1) is 23.6 Å². The molecule has 3 unspecified atom stereocenters.